The lowest BCUT2D eigenvalue weighted by Gasteiger charge is -1.99. The molecule has 0 N–H and O–H groups in total. The van der Waals surface area contributed by atoms with Gasteiger partial charge >= 0.3 is 0 Å². The Morgan fingerprint density at radius 3 is 2.00 bits per heavy atom. The average molecular weight is 120 g/mol. The van der Waals surface area contributed by atoms with E-state index in [-0.39, 0.29) is 0 Å². The van der Waals surface area contributed by atoms with Crippen LogP contribution in [0.5, 0.6) is 0 Å². The smallest absolute Gasteiger partial charge is 0.0700 e. The highest BCUT2D eigenvalue weighted by Crippen LogP contribution is 1.75. The monoisotopic (exact) mass is 120 g/mol. The summed E-state index contributed by atoms with van der Waals surface area (Å²) in [7, 11) is 0. The van der Waals surface area contributed by atoms with E-state index in [1.165, 1.54) is 0 Å². The van der Waals surface area contributed by atoms with E-state index in [4.69, 9.17) is 12.2 Å². The molecule has 2 heteroatoms. The molecule has 0 saturated heterocycles. The first-order chi connectivity index (χ1) is 4.91. The van der Waals surface area contributed by atoms with Crippen LogP contribution in [0.1, 0.15) is 16.5 Å². The number of ether oxygens (including phenoxy) is 2. The van der Waals surface area contributed by atoms with Crippen molar-refractivity contribution < 1.29 is 12.2 Å². The van der Waals surface area contributed by atoms with Crippen LogP contribution in [0, 0.1) is 0 Å². The predicted molar refractivity (Wildman–Crippen MR) is 33.0 cm³/mol. The minimum absolute atomic E-state index is 0.304. The van der Waals surface area contributed by atoms with Crippen molar-refractivity contribution in [2.75, 3.05) is 26.4 Å². The quantitative estimate of drug-likeness (QED) is 0.505. The number of hydrogen-bond donors (Lipinski definition) is 0. The second kappa shape index (κ2) is 6.92. The van der Waals surface area contributed by atoms with Crippen LogP contribution < -0.4 is 0 Å². The molecule has 2 nitrogen and oxygen atoms in total. The van der Waals surface area contributed by atoms with E-state index < -0.39 is 0 Å². The Kier molecular flexibility index (Phi) is 4.12. The topological polar surface area (TPSA) is 18.5 Å². The third kappa shape index (κ3) is 5.92. The lowest BCUT2D eigenvalue weighted by atomic mass is 10.7. The van der Waals surface area contributed by atoms with Crippen molar-refractivity contribution in [3.05, 3.63) is 0 Å². The van der Waals surface area contributed by atoms with Crippen LogP contribution in [0.25, 0.3) is 0 Å². The number of rotatable bonds is 5. The SMILES string of the molecule is [2H]CCOCCOCC[2H]. The first kappa shape index (κ1) is 4.77. The molecule has 0 aromatic carbocycles. The zero-order valence-electron chi connectivity index (χ0n) is 7.06. The van der Waals surface area contributed by atoms with E-state index in [1.807, 2.05) is 0 Å². The summed E-state index contributed by atoms with van der Waals surface area (Å²) >= 11 is 0. The second-order valence-electron chi connectivity index (χ2n) is 1.22. The maximum absolute atomic E-state index is 6.72. The maximum Gasteiger partial charge on any atom is 0.0700 e. The van der Waals surface area contributed by atoms with Crippen molar-refractivity contribution in [2.24, 2.45) is 0 Å². The lowest BCUT2D eigenvalue weighted by Crippen LogP contribution is -2.02. The summed E-state index contributed by atoms with van der Waals surface area (Å²) in [5, 5.41) is 0. The van der Waals surface area contributed by atoms with Crippen molar-refractivity contribution in [1.82, 2.24) is 0 Å². The summed E-state index contributed by atoms with van der Waals surface area (Å²) in [4.78, 5) is 0. The fraction of sp³-hybridized carbons (Fsp3) is 1.00. The van der Waals surface area contributed by atoms with Crippen LogP contribution in [0.4, 0.5) is 0 Å². The van der Waals surface area contributed by atoms with E-state index in [9.17, 15) is 0 Å². The Bertz CT molecular complexity index is 53.7. The molecule has 0 radical (unpaired) electrons. The lowest BCUT2D eigenvalue weighted by molar-refractivity contribution is 0.0584. The fourth-order valence-electron chi connectivity index (χ4n) is 0.322. The van der Waals surface area contributed by atoms with Crippen LogP contribution in [0.15, 0.2) is 0 Å². The molecule has 0 aliphatic heterocycles. The van der Waals surface area contributed by atoms with Crippen molar-refractivity contribution in [2.45, 2.75) is 13.8 Å². The maximum atomic E-state index is 6.72. The van der Waals surface area contributed by atoms with Crippen LogP contribution in [0.2, 0.25) is 0 Å². The van der Waals surface area contributed by atoms with Crippen molar-refractivity contribution >= 4 is 0 Å². The van der Waals surface area contributed by atoms with Crippen molar-refractivity contribution in [3.63, 3.8) is 0 Å². The Morgan fingerprint density at radius 2 is 1.62 bits per heavy atom. The molecule has 50 valence electrons. The van der Waals surface area contributed by atoms with Crippen LogP contribution >= 0.6 is 0 Å². The van der Waals surface area contributed by atoms with Gasteiger partial charge in [-0.2, -0.15) is 0 Å². The Hall–Kier alpha value is -0.0800. The van der Waals surface area contributed by atoms with E-state index in [1.54, 1.807) is 0 Å². The van der Waals surface area contributed by atoms with Gasteiger partial charge in [0.25, 0.3) is 0 Å². The van der Waals surface area contributed by atoms with Gasteiger partial charge in [-0.15, -0.1) is 0 Å². The van der Waals surface area contributed by atoms with E-state index >= 15 is 0 Å². The van der Waals surface area contributed by atoms with Gasteiger partial charge in [0.15, 0.2) is 0 Å². The molecule has 0 atom stereocenters. The highest BCUT2D eigenvalue weighted by molar-refractivity contribution is 4.24. The van der Waals surface area contributed by atoms with Gasteiger partial charge in [-0.3, -0.25) is 0 Å². The fourth-order valence-corrected chi connectivity index (χ4v) is 0.322. The van der Waals surface area contributed by atoms with E-state index in [0.29, 0.717) is 40.2 Å². The minimum Gasteiger partial charge on any atom is -0.379 e. The summed E-state index contributed by atoms with van der Waals surface area (Å²) in [5.41, 5.74) is 0. The Morgan fingerprint density at radius 1 is 1.12 bits per heavy atom. The molecule has 0 aromatic rings. The molecule has 0 aliphatic carbocycles. The summed E-state index contributed by atoms with van der Waals surface area (Å²) in [6.07, 6.45) is 0. The molecule has 0 spiro atoms. The van der Waals surface area contributed by atoms with Crippen molar-refractivity contribution in [3.8, 4) is 0 Å². The summed E-state index contributed by atoms with van der Waals surface area (Å²) in [5.74, 6) is 0. The summed E-state index contributed by atoms with van der Waals surface area (Å²) in [6, 6.07) is 0. The third-order valence-electron chi connectivity index (χ3n) is 0.661. The van der Waals surface area contributed by atoms with Gasteiger partial charge in [0, 0.05) is 16.0 Å². The third-order valence-corrected chi connectivity index (χ3v) is 0.661. The zero-order chi connectivity index (χ0) is 7.66. The molecule has 0 bridgehead atoms. The van der Waals surface area contributed by atoms with Gasteiger partial charge in [0.2, 0.25) is 0 Å². The van der Waals surface area contributed by atoms with Gasteiger partial charge in [-0.05, 0) is 13.8 Å². The molecule has 0 heterocycles. The van der Waals surface area contributed by atoms with Crippen LogP contribution in [-0.2, 0) is 9.47 Å². The molecule has 0 saturated carbocycles. The zero-order valence-corrected chi connectivity index (χ0v) is 5.06. The standard InChI is InChI=1S/C6H14O2/c1-3-7-5-6-8-4-2/h3-6H2,1-2H3/i1D,2D. The van der Waals surface area contributed by atoms with Crippen molar-refractivity contribution in [1.29, 1.82) is 0 Å². The van der Waals surface area contributed by atoms with Gasteiger partial charge in [-0.25, -0.2) is 0 Å². The highest BCUT2D eigenvalue weighted by atomic mass is 16.5. The molecule has 0 rings (SSSR count). The molecule has 0 amide bonds. The second-order valence-corrected chi connectivity index (χ2v) is 1.22. The molecular formula is C6H14O2. The molecule has 0 unspecified atom stereocenters. The van der Waals surface area contributed by atoms with Gasteiger partial charge in [0.1, 0.15) is 0 Å². The summed E-state index contributed by atoms with van der Waals surface area (Å²) in [6.45, 7) is 2.64. The Labute approximate surface area is 53.6 Å². The summed E-state index contributed by atoms with van der Waals surface area (Å²) < 4.78 is 23.4. The first-order valence-corrected chi connectivity index (χ1v) is 2.65. The van der Waals surface area contributed by atoms with E-state index in [2.05, 4.69) is 0 Å². The van der Waals surface area contributed by atoms with Crippen LogP contribution in [-0.4, -0.2) is 26.4 Å². The van der Waals surface area contributed by atoms with Gasteiger partial charge < -0.3 is 9.47 Å². The number of hydrogen-bond acceptors (Lipinski definition) is 2. The minimum atomic E-state index is 0.304. The normalized spacial score (nSPS) is 13.0. The molecule has 8 heavy (non-hydrogen) atoms. The average Bonchev–Trinajstić information content (AvgIpc) is 1.97. The molecule has 0 aromatic heterocycles. The molecular weight excluding hydrogens is 104 g/mol. The molecule has 0 aliphatic rings. The van der Waals surface area contributed by atoms with Gasteiger partial charge in [-0.1, -0.05) is 0 Å². The van der Waals surface area contributed by atoms with E-state index in [0.717, 1.165) is 0 Å². The first-order valence-electron chi connectivity index (χ1n) is 4.07. The predicted octanol–water partition coefficient (Wildman–Crippen LogP) is 1.06. The van der Waals surface area contributed by atoms with Crippen LogP contribution in [0.3, 0.4) is 0 Å². The molecule has 0 fully saturated rings. The highest BCUT2D eigenvalue weighted by Gasteiger charge is 1.81. The van der Waals surface area contributed by atoms with Gasteiger partial charge in [0.05, 0.1) is 13.2 Å². The Balaban J connectivity index is 2.65. The largest absolute Gasteiger partial charge is 0.379 e.